The number of halogens is 2. The number of hydrogen-bond donors (Lipinski definition) is 2. The predicted molar refractivity (Wildman–Crippen MR) is 135 cm³/mol. The Kier molecular flexibility index (Phi) is 5.21. The maximum Gasteiger partial charge on any atom is 0.216 e. The van der Waals surface area contributed by atoms with Crippen molar-refractivity contribution in [1.82, 2.24) is 14.6 Å². The Hall–Kier alpha value is -1.54. The SMILES string of the molecule is CC(C)(C)CC(C)(C)Nc1c(-c2cccc(Cl)c2Cl)nc2sc(N3C[C@@H]4[C@@H](N)[C@@H]4C3)nn12. The fourth-order valence-corrected chi connectivity index (χ4v) is 6.58. The Balaban J connectivity index is 1.57. The number of piperidine rings is 1. The molecule has 1 aromatic carbocycles. The maximum absolute atomic E-state index is 6.60. The quantitative estimate of drug-likeness (QED) is 0.471. The van der Waals surface area contributed by atoms with Gasteiger partial charge in [0.25, 0.3) is 0 Å². The molecule has 2 aromatic heterocycles. The lowest BCUT2D eigenvalue weighted by Crippen LogP contribution is -2.36. The number of fused-ring (bicyclic) bond motifs is 2. The standard InChI is InChI=1S/C23H30Cl2N6S/c1-22(2,3)11-23(4,5)28-19-18(12-7-6-8-15(24)16(12)25)27-20-31(19)29-21(32-20)30-9-13-14(10-30)17(13)26/h6-8,13-14,17,28H,9-11,26H2,1-5H3/t13-,14+,17+. The van der Waals surface area contributed by atoms with Crippen LogP contribution in [0.5, 0.6) is 0 Å². The molecule has 1 aliphatic heterocycles. The third kappa shape index (κ3) is 3.98. The summed E-state index contributed by atoms with van der Waals surface area (Å²) < 4.78 is 1.93. The molecule has 2 fully saturated rings. The first-order valence-electron chi connectivity index (χ1n) is 11.1. The van der Waals surface area contributed by atoms with E-state index in [1.807, 2.05) is 16.6 Å². The summed E-state index contributed by atoms with van der Waals surface area (Å²) in [6.45, 7) is 13.1. The largest absolute Gasteiger partial charge is 0.363 e. The minimum absolute atomic E-state index is 0.163. The van der Waals surface area contributed by atoms with Gasteiger partial charge in [-0.2, -0.15) is 4.52 Å². The van der Waals surface area contributed by atoms with Gasteiger partial charge < -0.3 is 16.0 Å². The predicted octanol–water partition coefficient (Wildman–Crippen LogP) is 5.78. The van der Waals surface area contributed by atoms with E-state index in [1.54, 1.807) is 17.4 Å². The molecule has 0 amide bonds. The van der Waals surface area contributed by atoms with Crippen LogP contribution in [0.15, 0.2) is 18.2 Å². The monoisotopic (exact) mass is 492 g/mol. The number of benzene rings is 1. The van der Waals surface area contributed by atoms with Gasteiger partial charge in [-0.1, -0.05) is 67.4 Å². The molecule has 2 aliphatic rings. The minimum atomic E-state index is -0.181. The van der Waals surface area contributed by atoms with Gasteiger partial charge in [-0.15, -0.1) is 5.10 Å². The number of anilines is 2. The van der Waals surface area contributed by atoms with Crippen molar-refractivity contribution in [3.05, 3.63) is 28.2 Å². The molecular weight excluding hydrogens is 463 g/mol. The van der Waals surface area contributed by atoms with Crippen LogP contribution in [0.1, 0.15) is 41.0 Å². The van der Waals surface area contributed by atoms with Crippen LogP contribution < -0.4 is 16.0 Å². The molecule has 1 saturated heterocycles. The highest BCUT2D eigenvalue weighted by atomic mass is 35.5. The molecule has 0 spiro atoms. The van der Waals surface area contributed by atoms with Crippen molar-refractivity contribution < 1.29 is 0 Å². The molecule has 3 heterocycles. The normalized spacial score (nSPS) is 23.1. The highest BCUT2D eigenvalue weighted by Crippen LogP contribution is 2.47. The number of nitrogens with two attached hydrogens (primary N) is 1. The topological polar surface area (TPSA) is 71.5 Å². The van der Waals surface area contributed by atoms with Crippen molar-refractivity contribution in [3.63, 3.8) is 0 Å². The lowest BCUT2D eigenvalue weighted by molar-refractivity contribution is 0.302. The molecule has 172 valence electrons. The Morgan fingerprint density at radius 1 is 1.16 bits per heavy atom. The van der Waals surface area contributed by atoms with E-state index in [1.165, 1.54) is 0 Å². The zero-order chi connectivity index (χ0) is 23.0. The molecule has 3 aromatic rings. The Morgan fingerprint density at radius 3 is 2.50 bits per heavy atom. The first-order chi connectivity index (χ1) is 14.9. The highest BCUT2D eigenvalue weighted by Gasteiger charge is 2.54. The van der Waals surface area contributed by atoms with E-state index in [0.29, 0.717) is 27.9 Å². The van der Waals surface area contributed by atoms with Crippen LogP contribution in [-0.4, -0.2) is 39.3 Å². The van der Waals surface area contributed by atoms with E-state index in [2.05, 4.69) is 44.8 Å². The molecule has 0 unspecified atom stereocenters. The van der Waals surface area contributed by atoms with E-state index in [9.17, 15) is 0 Å². The van der Waals surface area contributed by atoms with Crippen molar-refractivity contribution in [2.45, 2.75) is 52.6 Å². The summed E-state index contributed by atoms with van der Waals surface area (Å²) in [5, 5.41) is 10.7. The van der Waals surface area contributed by atoms with Crippen molar-refractivity contribution in [3.8, 4) is 11.3 Å². The molecule has 3 N–H and O–H groups in total. The van der Waals surface area contributed by atoms with Crippen LogP contribution in [-0.2, 0) is 0 Å². The van der Waals surface area contributed by atoms with Crippen LogP contribution in [0.4, 0.5) is 10.9 Å². The summed E-state index contributed by atoms with van der Waals surface area (Å²) in [6, 6.07) is 6.02. The highest BCUT2D eigenvalue weighted by molar-refractivity contribution is 7.20. The van der Waals surface area contributed by atoms with E-state index < -0.39 is 0 Å². The van der Waals surface area contributed by atoms with Gasteiger partial charge >= 0.3 is 0 Å². The van der Waals surface area contributed by atoms with Gasteiger partial charge in [-0.05, 0) is 43.6 Å². The van der Waals surface area contributed by atoms with Gasteiger partial charge in [0, 0.05) is 30.2 Å². The average Bonchev–Trinajstić information content (AvgIpc) is 3.09. The molecule has 0 bridgehead atoms. The van der Waals surface area contributed by atoms with Gasteiger partial charge in [0.05, 0.1) is 10.0 Å². The average molecular weight is 494 g/mol. The first kappa shape index (κ1) is 22.3. The molecule has 6 nitrogen and oxygen atoms in total. The minimum Gasteiger partial charge on any atom is -0.363 e. The zero-order valence-electron chi connectivity index (χ0n) is 19.1. The lowest BCUT2D eigenvalue weighted by atomic mass is 9.82. The Labute approximate surface area is 203 Å². The van der Waals surface area contributed by atoms with Crippen molar-refractivity contribution >= 4 is 50.4 Å². The summed E-state index contributed by atoms with van der Waals surface area (Å²) >= 11 is 14.5. The van der Waals surface area contributed by atoms with Gasteiger partial charge in [0.15, 0.2) is 5.82 Å². The van der Waals surface area contributed by atoms with Crippen LogP contribution >= 0.6 is 34.5 Å². The fourth-order valence-electron chi connectivity index (χ4n) is 5.27. The third-order valence-electron chi connectivity index (χ3n) is 6.36. The van der Waals surface area contributed by atoms with Gasteiger partial charge in [0.2, 0.25) is 10.1 Å². The molecule has 9 heteroatoms. The van der Waals surface area contributed by atoms with E-state index in [-0.39, 0.29) is 11.0 Å². The summed E-state index contributed by atoms with van der Waals surface area (Å²) in [5.41, 5.74) is 7.69. The van der Waals surface area contributed by atoms with Crippen LogP contribution in [0, 0.1) is 17.3 Å². The summed E-state index contributed by atoms with van der Waals surface area (Å²) in [6.07, 6.45) is 0.973. The first-order valence-corrected chi connectivity index (χ1v) is 12.6. The second-order valence-corrected chi connectivity index (χ2v) is 12.8. The smallest absolute Gasteiger partial charge is 0.216 e. The fraction of sp³-hybridized carbons (Fsp3) is 0.565. The van der Waals surface area contributed by atoms with Crippen LogP contribution in [0.3, 0.4) is 0 Å². The Bertz CT molecular complexity index is 1170. The third-order valence-corrected chi connectivity index (χ3v) is 8.15. The van der Waals surface area contributed by atoms with Crippen molar-refractivity contribution in [1.29, 1.82) is 0 Å². The van der Waals surface area contributed by atoms with Crippen LogP contribution in [0.2, 0.25) is 10.0 Å². The van der Waals surface area contributed by atoms with Gasteiger partial charge in [0.1, 0.15) is 5.69 Å². The lowest BCUT2D eigenvalue weighted by Gasteiger charge is -2.34. The molecular formula is C23H30Cl2N6S. The number of imidazole rings is 1. The molecule has 1 saturated carbocycles. The number of nitrogens with one attached hydrogen (secondary N) is 1. The summed E-state index contributed by atoms with van der Waals surface area (Å²) in [4.78, 5) is 8.14. The molecule has 1 aliphatic carbocycles. The molecule has 3 atom stereocenters. The van der Waals surface area contributed by atoms with Crippen LogP contribution in [0.25, 0.3) is 16.2 Å². The number of hydrogen-bond acceptors (Lipinski definition) is 6. The van der Waals surface area contributed by atoms with E-state index in [0.717, 1.165) is 46.7 Å². The second-order valence-electron chi connectivity index (χ2n) is 11.0. The number of aromatic nitrogens is 3. The number of nitrogens with zero attached hydrogens (tertiary/aromatic N) is 4. The van der Waals surface area contributed by atoms with E-state index in [4.69, 9.17) is 39.0 Å². The van der Waals surface area contributed by atoms with Crippen molar-refractivity contribution in [2.75, 3.05) is 23.3 Å². The number of rotatable bonds is 5. The zero-order valence-corrected chi connectivity index (χ0v) is 21.4. The van der Waals surface area contributed by atoms with E-state index >= 15 is 0 Å². The Morgan fingerprint density at radius 2 is 1.84 bits per heavy atom. The second kappa shape index (κ2) is 7.49. The summed E-state index contributed by atoms with van der Waals surface area (Å²) in [7, 11) is 0. The van der Waals surface area contributed by atoms with Crippen molar-refractivity contribution in [2.24, 2.45) is 23.0 Å². The van der Waals surface area contributed by atoms with Gasteiger partial charge in [-0.3, -0.25) is 0 Å². The molecule has 32 heavy (non-hydrogen) atoms. The summed E-state index contributed by atoms with van der Waals surface area (Å²) in [5.74, 6) is 2.06. The molecule has 5 rings (SSSR count). The maximum atomic E-state index is 6.60. The molecule has 0 radical (unpaired) electrons. The van der Waals surface area contributed by atoms with Gasteiger partial charge in [-0.25, -0.2) is 4.98 Å².